The Morgan fingerprint density at radius 1 is 1.24 bits per heavy atom. The molecule has 0 spiro atoms. The van der Waals surface area contributed by atoms with E-state index in [9.17, 15) is 5.11 Å². The highest BCUT2D eigenvalue weighted by Crippen LogP contribution is 2.38. The Kier molecular flexibility index (Phi) is 3.96. The number of nitrogens with one attached hydrogen (secondary N) is 1. The molecule has 1 fully saturated rings. The fourth-order valence-corrected chi connectivity index (χ4v) is 3.39. The van der Waals surface area contributed by atoms with E-state index in [1.54, 1.807) is 0 Å². The van der Waals surface area contributed by atoms with Crippen LogP contribution in [-0.2, 0) is 5.60 Å². The maximum absolute atomic E-state index is 11.0. The third-order valence-corrected chi connectivity index (χ3v) is 4.67. The van der Waals surface area contributed by atoms with E-state index in [4.69, 9.17) is 0 Å². The summed E-state index contributed by atoms with van der Waals surface area (Å²) in [5, 5.41) is 15.6. The molecule has 0 bridgehead atoms. The number of rotatable bonds is 3. The Morgan fingerprint density at radius 3 is 2.71 bits per heavy atom. The number of benzene rings is 1. The van der Waals surface area contributed by atoms with Crippen molar-refractivity contribution in [2.75, 3.05) is 6.54 Å². The molecule has 0 radical (unpaired) electrons. The highest BCUT2D eigenvalue weighted by Gasteiger charge is 2.34. The first-order valence-corrected chi connectivity index (χ1v) is 7.94. The lowest BCUT2D eigenvalue weighted by Gasteiger charge is -2.36. The first-order valence-electron chi connectivity index (χ1n) is 7.94. The van der Waals surface area contributed by atoms with Crippen molar-refractivity contribution < 1.29 is 5.11 Å². The average molecular weight is 284 g/mol. The number of aliphatic hydroxyl groups is 1. The standard InChI is InChI=1S/C18H24N2O/c1-3-19-16-8-10-18(21,11-9-16)15-6-7-17-14(12-15)5-4-13(2)20-17/h4-7,12,16,19,21H,3,8-11H2,1-2H3. The summed E-state index contributed by atoms with van der Waals surface area (Å²) in [6.45, 7) is 5.14. The van der Waals surface area contributed by atoms with Crippen LogP contribution in [0.1, 0.15) is 43.9 Å². The summed E-state index contributed by atoms with van der Waals surface area (Å²) < 4.78 is 0. The molecule has 1 saturated carbocycles. The molecule has 3 heteroatoms. The van der Waals surface area contributed by atoms with Gasteiger partial charge in [-0.05, 0) is 62.9 Å². The van der Waals surface area contributed by atoms with Gasteiger partial charge in [0.2, 0.25) is 0 Å². The van der Waals surface area contributed by atoms with Crippen LogP contribution in [0.4, 0.5) is 0 Å². The molecule has 0 amide bonds. The van der Waals surface area contributed by atoms with Crippen molar-refractivity contribution in [3.8, 4) is 0 Å². The van der Waals surface area contributed by atoms with Gasteiger partial charge in [0.05, 0.1) is 11.1 Å². The Bertz CT molecular complexity index is 630. The zero-order valence-electron chi connectivity index (χ0n) is 12.9. The highest BCUT2D eigenvalue weighted by molar-refractivity contribution is 5.79. The van der Waals surface area contributed by atoms with Crippen LogP contribution in [0.5, 0.6) is 0 Å². The van der Waals surface area contributed by atoms with Crippen LogP contribution in [0.3, 0.4) is 0 Å². The van der Waals surface area contributed by atoms with Crippen LogP contribution in [-0.4, -0.2) is 22.7 Å². The molecule has 0 unspecified atom stereocenters. The summed E-state index contributed by atoms with van der Waals surface area (Å²) in [6, 6.07) is 10.9. The Labute approximate surface area is 126 Å². The van der Waals surface area contributed by atoms with Gasteiger partial charge in [0, 0.05) is 17.1 Å². The van der Waals surface area contributed by atoms with Crippen LogP contribution in [0.25, 0.3) is 10.9 Å². The molecular weight excluding hydrogens is 260 g/mol. The van der Waals surface area contributed by atoms with Gasteiger partial charge < -0.3 is 10.4 Å². The molecule has 0 aliphatic heterocycles. The minimum Gasteiger partial charge on any atom is -0.385 e. The third kappa shape index (κ3) is 2.94. The van der Waals surface area contributed by atoms with Crippen molar-refractivity contribution in [1.82, 2.24) is 10.3 Å². The van der Waals surface area contributed by atoms with Crippen LogP contribution in [0.15, 0.2) is 30.3 Å². The van der Waals surface area contributed by atoms with E-state index in [-0.39, 0.29) is 0 Å². The lowest BCUT2D eigenvalue weighted by Crippen LogP contribution is -2.39. The smallest absolute Gasteiger partial charge is 0.0898 e. The minimum absolute atomic E-state index is 0.556. The molecule has 1 aliphatic rings. The lowest BCUT2D eigenvalue weighted by atomic mass is 9.77. The summed E-state index contributed by atoms with van der Waals surface area (Å²) in [5.74, 6) is 0. The van der Waals surface area contributed by atoms with E-state index < -0.39 is 5.60 Å². The maximum Gasteiger partial charge on any atom is 0.0898 e. The van der Waals surface area contributed by atoms with Crippen molar-refractivity contribution in [3.63, 3.8) is 0 Å². The molecule has 21 heavy (non-hydrogen) atoms. The molecule has 1 heterocycles. The number of nitrogens with zero attached hydrogens (tertiary/aromatic N) is 1. The Balaban J connectivity index is 1.84. The zero-order valence-corrected chi connectivity index (χ0v) is 12.9. The average Bonchev–Trinajstić information content (AvgIpc) is 2.49. The van der Waals surface area contributed by atoms with Gasteiger partial charge in [0.25, 0.3) is 0 Å². The van der Waals surface area contributed by atoms with Gasteiger partial charge in [-0.15, -0.1) is 0 Å². The van der Waals surface area contributed by atoms with Gasteiger partial charge >= 0.3 is 0 Å². The maximum atomic E-state index is 11.0. The van der Waals surface area contributed by atoms with Crippen LogP contribution < -0.4 is 5.32 Å². The molecule has 3 rings (SSSR count). The predicted molar refractivity (Wildman–Crippen MR) is 86.3 cm³/mol. The Morgan fingerprint density at radius 2 is 2.00 bits per heavy atom. The van der Waals surface area contributed by atoms with E-state index in [0.29, 0.717) is 6.04 Å². The monoisotopic (exact) mass is 284 g/mol. The number of hydrogen-bond acceptors (Lipinski definition) is 3. The minimum atomic E-state index is -0.676. The predicted octanol–water partition coefficient (Wildman–Crippen LogP) is 3.28. The fraction of sp³-hybridized carbons (Fsp3) is 0.500. The summed E-state index contributed by atoms with van der Waals surface area (Å²) >= 11 is 0. The summed E-state index contributed by atoms with van der Waals surface area (Å²) in [6.07, 6.45) is 3.73. The van der Waals surface area contributed by atoms with Gasteiger partial charge in [-0.25, -0.2) is 0 Å². The van der Waals surface area contributed by atoms with Crippen LogP contribution in [0.2, 0.25) is 0 Å². The second-order valence-corrected chi connectivity index (χ2v) is 6.22. The second-order valence-electron chi connectivity index (χ2n) is 6.22. The normalized spacial score (nSPS) is 26.1. The lowest BCUT2D eigenvalue weighted by molar-refractivity contribution is -0.00803. The molecule has 2 N–H and O–H groups in total. The number of pyridine rings is 1. The van der Waals surface area contributed by atoms with E-state index in [2.05, 4.69) is 29.4 Å². The van der Waals surface area contributed by atoms with Crippen molar-refractivity contribution in [2.45, 2.75) is 51.2 Å². The van der Waals surface area contributed by atoms with Gasteiger partial charge in [-0.2, -0.15) is 0 Å². The third-order valence-electron chi connectivity index (χ3n) is 4.67. The van der Waals surface area contributed by atoms with E-state index in [0.717, 1.165) is 54.4 Å². The van der Waals surface area contributed by atoms with Crippen molar-refractivity contribution in [3.05, 3.63) is 41.6 Å². The highest BCUT2D eigenvalue weighted by atomic mass is 16.3. The van der Waals surface area contributed by atoms with Crippen molar-refractivity contribution in [1.29, 1.82) is 0 Å². The quantitative estimate of drug-likeness (QED) is 0.909. The molecule has 3 nitrogen and oxygen atoms in total. The summed E-state index contributed by atoms with van der Waals surface area (Å²) in [5.41, 5.74) is 2.39. The number of aromatic nitrogens is 1. The Hall–Kier alpha value is -1.45. The zero-order chi connectivity index (χ0) is 14.9. The number of fused-ring (bicyclic) bond motifs is 1. The molecular formula is C18H24N2O. The first-order chi connectivity index (χ1) is 10.1. The van der Waals surface area contributed by atoms with E-state index in [1.807, 2.05) is 25.1 Å². The van der Waals surface area contributed by atoms with Gasteiger partial charge in [0.1, 0.15) is 0 Å². The molecule has 112 valence electrons. The molecule has 1 aromatic carbocycles. The van der Waals surface area contributed by atoms with E-state index >= 15 is 0 Å². The molecule has 2 aromatic rings. The van der Waals surface area contributed by atoms with Crippen LogP contribution in [0, 0.1) is 6.92 Å². The number of aryl methyl sites for hydroxylation is 1. The molecule has 1 aliphatic carbocycles. The van der Waals surface area contributed by atoms with Gasteiger partial charge in [-0.3, -0.25) is 4.98 Å². The largest absolute Gasteiger partial charge is 0.385 e. The molecule has 0 atom stereocenters. The van der Waals surface area contributed by atoms with Crippen molar-refractivity contribution >= 4 is 10.9 Å². The molecule has 1 aromatic heterocycles. The van der Waals surface area contributed by atoms with Gasteiger partial charge in [0.15, 0.2) is 0 Å². The second kappa shape index (κ2) is 5.74. The molecule has 0 saturated heterocycles. The SMILES string of the molecule is CCNC1CCC(O)(c2ccc3nc(C)ccc3c2)CC1. The summed E-state index contributed by atoms with van der Waals surface area (Å²) in [7, 11) is 0. The van der Waals surface area contributed by atoms with E-state index in [1.165, 1.54) is 0 Å². The topological polar surface area (TPSA) is 45.1 Å². The summed E-state index contributed by atoms with van der Waals surface area (Å²) in [4.78, 5) is 4.53. The van der Waals surface area contributed by atoms with Crippen LogP contribution >= 0.6 is 0 Å². The van der Waals surface area contributed by atoms with Gasteiger partial charge in [-0.1, -0.05) is 19.1 Å². The number of hydrogen-bond donors (Lipinski definition) is 2. The van der Waals surface area contributed by atoms with Crippen molar-refractivity contribution in [2.24, 2.45) is 0 Å². The first kappa shape index (κ1) is 14.5. The fourth-order valence-electron chi connectivity index (χ4n) is 3.39.